The minimum Gasteiger partial charge on any atom is -0.319 e. The lowest BCUT2D eigenvalue weighted by molar-refractivity contribution is 0.0753. The Bertz CT molecular complexity index is 496. The first kappa shape index (κ1) is 16.2. The van der Waals surface area contributed by atoms with E-state index in [1.165, 1.54) is 24.0 Å². The van der Waals surface area contributed by atoms with Gasteiger partial charge in [-0.25, -0.2) is 0 Å². The number of nitrogens with one attached hydrogen (secondary N) is 1. The Kier molecular flexibility index (Phi) is 5.54. The molecule has 1 heterocycles. The molecule has 0 bridgehead atoms. The summed E-state index contributed by atoms with van der Waals surface area (Å²) in [5.41, 5.74) is 3.28. The van der Waals surface area contributed by atoms with Gasteiger partial charge in [0.15, 0.2) is 5.78 Å². The van der Waals surface area contributed by atoms with Crippen LogP contribution in [0.4, 0.5) is 0 Å². The molecule has 1 aromatic rings. The summed E-state index contributed by atoms with van der Waals surface area (Å²) in [5.74, 6) is 0.918. The molecular weight excluding hydrogens is 260 g/mol. The van der Waals surface area contributed by atoms with Gasteiger partial charge >= 0.3 is 0 Å². The molecule has 0 radical (unpaired) electrons. The van der Waals surface area contributed by atoms with Gasteiger partial charge in [-0.2, -0.15) is 0 Å². The van der Waals surface area contributed by atoms with E-state index < -0.39 is 0 Å². The number of ketones is 1. The van der Waals surface area contributed by atoms with Crippen LogP contribution in [0.2, 0.25) is 0 Å². The Hall–Kier alpha value is -1.19. The van der Waals surface area contributed by atoms with Crippen molar-refractivity contribution in [1.82, 2.24) is 10.2 Å². The van der Waals surface area contributed by atoms with Crippen LogP contribution in [0.25, 0.3) is 0 Å². The summed E-state index contributed by atoms with van der Waals surface area (Å²) in [6.07, 6.45) is 2.46. The first-order chi connectivity index (χ1) is 10.0. The number of rotatable bonds is 5. The second-order valence-electron chi connectivity index (χ2n) is 6.40. The number of likely N-dealkylation sites (tertiary alicyclic amines) is 1. The lowest BCUT2D eigenvalue weighted by atomic mass is 9.94. The van der Waals surface area contributed by atoms with Crippen molar-refractivity contribution >= 4 is 5.78 Å². The van der Waals surface area contributed by atoms with Gasteiger partial charge in [0, 0.05) is 12.1 Å². The molecule has 0 spiro atoms. The van der Waals surface area contributed by atoms with Gasteiger partial charge in [0.05, 0.1) is 6.04 Å². The zero-order chi connectivity index (χ0) is 15.4. The van der Waals surface area contributed by atoms with Crippen molar-refractivity contribution in [2.24, 2.45) is 5.92 Å². The molecule has 1 N–H and O–H groups in total. The lowest BCUT2D eigenvalue weighted by Crippen LogP contribution is -2.46. The van der Waals surface area contributed by atoms with Crippen molar-refractivity contribution in [2.45, 2.75) is 39.7 Å². The van der Waals surface area contributed by atoms with Crippen LogP contribution in [-0.2, 0) is 0 Å². The van der Waals surface area contributed by atoms with Crippen molar-refractivity contribution in [1.29, 1.82) is 0 Å². The molecule has 0 aromatic heterocycles. The van der Waals surface area contributed by atoms with Crippen LogP contribution in [0, 0.1) is 19.8 Å². The third-order valence-corrected chi connectivity index (χ3v) is 4.76. The second kappa shape index (κ2) is 7.19. The van der Waals surface area contributed by atoms with Crippen molar-refractivity contribution in [3.05, 3.63) is 34.9 Å². The number of carbonyl (C=O) groups is 1. The normalized spacial score (nSPS) is 21.2. The smallest absolute Gasteiger partial charge is 0.179 e. The molecule has 1 aromatic carbocycles. The number of benzene rings is 1. The second-order valence-corrected chi connectivity index (χ2v) is 6.40. The minimum absolute atomic E-state index is 0.0215. The molecule has 0 aliphatic carbocycles. The van der Waals surface area contributed by atoms with E-state index in [2.05, 4.69) is 37.1 Å². The van der Waals surface area contributed by atoms with Crippen LogP contribution in [0.3, 0.4) is 0 Å². The van der Waals surface area contributed by atoms with Crippen molar-refractivity contribution in [3.8, 4) is 0 Å². The van der Waals surface area contributed by atoms with E-state index >= 15 is 0 Å². The van der Waals surface area contributed by atoms with Crippen molar-refractivity contribution in [3.63, 3.8) is 0 Å². The van der Waals surface area contributed by atoms with Crippen LogP contribution in [0.15, 0.2) is 18.2 Å². The van der Waals surface area contributed by atoms with Crippen molar-refractivity contribution < 1.29 is 4.79 Å². The molecular formula is C18H28N2O. The van der Waals surface area contributed by atoms with Crippen LogP contribution in [-0.4, -0.2) is 43.4 Å². The molecule has 0 saturated carbocycles. The van der Waals surface area contributed by atoms with Crippen LogP contribution < -0.4 is 5.32 Å². The summed E-state index contributed by atoms with van der Waals surface area (Å²) >= 11 is 0. The standard InChI is InChI=1S/C18H28N2O/c1-13-7-8-17(10-14(13)2)18(21)15(3)20-9-5-6-16(12-20)11-19-4/h7-8,10,15-16,19H,5-6,9,11-12H2,1-4H3. The van der Waals surface area contributed by atoms with Crippen LogP contribution >= 0.6 is 0 Å². The van der Waals surface area contributed by atoms with E-state index in [0.29, 0.717) is 5.92 Å². The molecule has 21 heavy (non-hydrogen) atoms. The Morgan fingerprint density at radius 2 is 2.14 bits per heavy atom. The highest BCUT2D eigenvalue weighted by molar-refractivity contribution is 6.00. The number of aryl methyl sites for hydroxylation is 2. The molecule has 116 valence electrons. The quantitative estimate of drug-likeness (QED) is 0.846. The number of hydrogen-bond acceptors (Lipinski definition) is 3. The Balaban J connectivity index is 2.05. The molecule has 0 amide bonds. The number of carbonyl (C=O) groups excluding carboxylic acids is 1. The fourth-order valence-electron chi connectivity index (χ4n) is 3.21. The first-order valence-corrected chi connectivity index (χ1v) is 8.03. The van der Waals surface area contributed by atoms with Crippen molar-refractivity contribution in [2.75, 3.05) is 26.7 Å². The van der Waals surface area contributed by atoms with Gasteiger partial charge in [0.2, 0.25) is 0 Å². The predicted molar refractivity (Wildman–Crippen MR) is 87.9 cm³/mol. The molecule has 3 nitrogen and oxygen atoms in total. The monoisotopic (exact) mass is 288 g/mol. The molecule has 2 atom stereocenters. The lowest BCUT2D eigenvalue weighted by Gasteiger charge is -2.36. The molecule has 1 aliphatic heterocycles. The zero-order valence-corrected chi connectivity index (χ0v) is 13.8. The summed E-state index contributed by atoms with van der Waals surface area (Å²) in [4.78, 5) is 15.1. The fourth-order valence-corrected chi connectivity index (χ4v) is 3.21. The average Bonchev–Trinajstić information content (AvgIpc) is 2.49. The summed E-state index contributed by atoms with van der Waals surface area (Å²) in [6, 6.07) is 6.03. The summed E-state index contributed by atoms with van der Waals surface area (Å²) in [5, 5.41) is 3.26. The van der Waals surface area contributed by atoms with E-state index in [9.17, 15) is 4.79 Å². The number of piperidine rings is 1. The van der Waals surface area contributed by atoms with Gasteiger partial charge in [0.25, 0.3) is 0 Å². The maximum absolute atomic E-state index is 12.7. The summed E-state index contributed by atoms with van der Waals surface area (Å²) in [7, 11) is 2.00. The predicted octanol–water partition coefficient (Wildman–Crippen LogP) is 2.81. The molecule has 1 saturated heterocycles. The Labute approximate surface area is 128 Å². The van der Waals surface area contributed by atoms with Crippen LogP contribution in [0.5, 0.6) is 0 Å². The zero-order valence-electron chi connectivity index (χ0n) is 13.8. The average molecular weight is 288 g/mol. The Morgan fingerprint density at radius 1 is 1.38 bits per heavy atom. The number of hydrogen-bond donors (Lipinski definition) is 1. The summed E-state index contributed by atoms with van der Waals surface area (Å²) in [6.45, 7) is 9.32. The van der Waals surface area contributed by atoms with E-state index in [1.807, 2.05) is 19.2 Å². The topological polar surface area (TPSA) is 32.3 Å². The van der Waals surface area contributed by atoms with Crippen LogP contribution in [0.1, 0.15) is 41.3 Å². The largest absolute Gasteiger partial charge is 0.319 e. The molecule has 1 fully saturated rings. The van der Waals surface area contributed by atoms with E-state index in [1.54, 1.807) is 0 Å². The molecule has 1 aliphatic rings. The van der Waals surface area contributed by atoms with E-state index in [4.69, 9.17) is 0 Å². The summed E-state index contributed by atoms with van der Waals surface area (Å²) < 4.78 is 0. The van der Waals surface area contributed by atoms with E-state index in [-0.39, 0.29) is 11.8 Å². The highest BCUT2D eigenvalue weighted by Gasteiger charge is 2.27. The number of nitrogens with zero attached hydrogens (tertiary/aromatic N) is 1. The Morgan fingerprint density at radius 3 is 2.81 bits per heavy atom. The molecule has 2 unspecified atom stereocenters. The maximum Gasteiger partial charge on any atom is 0.179 e. The molecule has 3 heteroatoms. The van der Waals surface area contributed by atoms with Gasteiger partial charge in [0.1, 0.15) is 0 Å². The fraction of sp³-hybridized carbons (Fsp3) is 0.611. The van der Waals surface area contributed by atoms with Gasteiger partial charge in [-0.3, -0.25) is 9.69 Å². The van der Waals surface area contributed by atoms with Gasteiger partial charge < -0.3 is 5.32 Å². The highest BCUT2D eigenvalue weighted by Crippen LogP contribution is 2.20. The van der Waals surface area contributed by atoms with Gasteiger partial charge in [-0.05, 0) is 76.9 Å². The number of Topliss-reactive ketones (excluding diaryl/α,β-unsaturated/α-hetero) is 1. The highest BCUT2D eigenvalue weighted by atomic mass is 16.1. The van der Waals surface area contributed by atoms with Gasteiger partial charge in [-0.15, -0.1) is 0 Å². The maximum atomic E-state index is 12.7. The minimum atomic E-state index is -0.0215. The SMILES string of the molecule is CNCC1CCCN(C(C)C(=O)c2ccc(C)c(C)c2)C1. The third kappa shape index (κ3) is 3.92. The first-order valence-electron chi connectivity index (χ1n) is 8.03. The molecule has 2 rings (SSSR count). The third-order valence-electron chi connectivity index (χ3n) is 4.76. The van der Waals surface area contributed by atoms with Gasteiger partial charge in [-0.1, -0.05) is 12.1 Å². The van der Waals surface area contributed by atoms with E-state index in [0.717, 1.165) is 25.2 Å².